The number of morpholine rings is 1. The molecule has 3 aromatic rings. The lowest BCUT2D eigenvalue weighted by Gasteiger charge is -2.29. The van der Waals surface area contributed by atoms with Crippen LogP contribution < -0.4 is 15.1 Å². The molecule has 7 heteroatoms. The number of hydrogen-bond acceptors (Lipinski definition) is 5. The zero-order valence-electron chi connectivity index (χ0n) is 17.4. The van der Waals surface area contributed by atoms with Crippen LogP contribution in [0.25, 0.3) is 11.0 Å². The Morgan fingerprint density at radius 2 is 1.81 bits per heavy atom. The van der Waals surface area contributed by atoms with Crippen molar-refractivity contribution in [3.05, 3.63) is 75.6 Å². The van der Waals surface area contributed by atoms with Crippen LogP contribution in [-0.4, -0.2) is 57.3 Å². The number of rotatable bonds is 5. The van der Waals surface area contributed by atoms with Crippen molar-refractivity contribution in [1.82, 2.24) is 4.90 Å². The SMILES string of the molecule is COc1ccc([C@H]2c3c(oc4ccccc4c3=O)C(=O)N2CC[NH+]2CCOCC2)cc1. The lowest BCUT2D eigenvalue weighted by atomic mass is 9.98. The maximum Gasteiger partial charge on any atom is 0.291 e. The van der Waals surface area contributed by atoms with Crippen molar-refractivity contribution in [1.29, 1.82) is 0 Å². The summed E-state index contributed by atoms with van der Waals surface area (Å²) in [6, 6.07) is 14.1. The van der Waals surface area contributed by atoms with Gasteiger partial charge in [0.1, 0.15) is 24.4 Å². The van der Waals surface area contributed by atoms with Crippen molar-refractivity contribution in [2.45, 2.75) is 6.04 Å². The molecule has 2 aromatic carbocycles. The fourth-order valence-corrected chi connectivity index (χ4v) is 4.52. The largest absolute Gasteiger partial charge is 0.497 e. The summed E-state index contributed by atoms with van der Waals surface area (Å²) in [6.07, 6.45) is 0. The third kappa shape index (κ3) is 3.49. The van der Waals surface area contributed by atoms with Crippen molar-refractivity contribution in [2.24, 2.45) is 0 Å². The minimum Gasteiger partial charge on any atom is -0.497 e. The molecule has 2 aliphatic rings. The van der Waals surface area contributed by atoms with Crippen LogP contribution in [0.15, 0.2) is 57.7 Å². The van der Waals surface area contributed by atoms with Gasteiger partial charge in [-0.15, -0.1) is 0 Å². The molecule has 1 saturated heterocycles. The Hall–Kier alpha value is -3.16. The molecule has 7 nitrogen and oxygen atoms in total. The summed E-state index contributed by atoms with van der Waals surface area (Å²) in [5.74, 6) is 0.649. The number of benzene rings is 2. The van der Waals surface area contributed by atoms with Gasteiger partial charge in [0.25, 0.3) is 5.91 Å². The lowest BCUT2D eigenvalue weighted by Crippen LogP contribution is -3.14. The Labute approximate surface area is 179 Å². The van der Waals surface area contributed by atoms with Gasteiger partial charge in [0.15, 0.2) is 5.43 Å². The number of hydrogen-bond donors (Lipinski definition) is 1. The Balaban J connectivity index is 1.58. The zero-order chi connectivity index (χ0) is 21.4. The molecule has 31 heavy (non-hydrogen) atoms. The Morgan fingerprint density at radius 1 is 1.06 bits per heavy atom. The van der Waals surface area contributed by atoms with Gasteiger partial charge in [-0.1, -0.05) is 24.3 Å². The number of carbonyl (C=O) groups is 1. The molecule has 1 aromatic heterocycles. The first-order chi connectivity index (χ1) is 15.2. The number of amides is 1. The Kier molecular flexibility index (Phi) is 5.21. The molecule has 160 valence electrons. The standard InChI is InChI=1S/C24H24N2O5/c1-29-17-8-6-16(7-9-17)21-20-22(27)18-4-2-3-5-19(18)31-23(20)24(28)26(21)11-10-25-12-14-30-15-13-25/h2-9,21H,10-15H2,1H3/p+1/t21-/m0/s1. The molecule has 0 radical (unpaired) electrons. The second-order valence-corrected chi connectivity index (χ2v) is 7.96. The van der Waals surface area contributed by atoms with E-state index in [-0.39, 0.29) is 17.1 Å². The van der Waals surface area contributed by atoms with Crippen LogP contribution in [0.2, 0.25) is 0 Å². The van der Waals surface area contributed by atoms with Gasteiger partial charge in [-0.2, -0.15) is 0 Å². The number of ether oxygens (including phenoxy) is 2. The quantitative estimate of drug-likeness (QED) is 0.672. The minimum absolute atomic E-state index is 0.146. The highest BCUT2D eigenvalue weighted by Gasteiger charge is 2.43. The first-order valence-electron chi connectivity index (χ1n) is 10.6. The molecule has 0 bridgehead atoms. The zero-order valence-corrected chi connectivity index (χ0v) is 17.4. The summed E-state index contributed by atoms with van der Waals surface area (Å²) in [4.78, 5) is 30.0. The van der Waals surface area contributed by atoms with Crippen LogP contribution in [-0.2, 0) is 4.74 Å². The summed E-state index contributed by atoms with van der Waals surface area (Å²) in [5.41, 5.74) is 1.58. The predicted octanol–water partition coefficient (Wildman–Crippen LogP) is 1.26. The number of carbonyl (C=O) groups excluding carboxylic acids is 1. The average Bonchev–Trinajstić information content (AvgIpc) is 3.10. The van der Waals surface area contributed by atoms with E-state index in [2.05, 4.69) is 0 Å². The van der Waals surface area contributed by atoms with E-state index < -0.39 is 6.04 Å². The van der Waals surface area contributed by atoms with Gasteiger partial charge in [-0.25, -0.2) is 0 Å². The number of methoxy groups -OCH3 is 1. The lowest BCUT2D eigenvalue weighted by molar-refractivity contribution is -0.907. The van der Waals surface area contributed by atoms with E-state index in [0.29, 0.717) is 23.1 Å². The van der Waals surface area contributed by atoms with Crippen molar-refractivity contribution < 1.29 is 23.6 Å². The Bertz CT molecular complexity index is 1160. The smallest absolute Gasteiger partial charge is 0.291 e. The first-order valence-corrected chi connectivity index (χ1v) is 10.6. The van der Waals surface area contributed by atoms with Crippen LogP contribution in [0.1, 0.15) is 27.7 Å². The second kappa shape index (κ2) is 8.17. The number of para-hydroxylation sites is 1. The predicted molar refractivity (Wildman–Crippen MR) is 115 cm³/mol. The van der Waals surface area contributed by atoms with Crippen LogP contribution in [0.4, 0.5) is 0 Å². The highest BCUT2D eigenvalue weighted by Crippen LogP contribution is 2.38. The van der Waals surface area contributed by atoms with E-state index in [1.54, 1.807) is 30.2 Å². The summed E-state index contributed by atoms with van der Waals surface area (Å²) < 4.78 is 16.7. The normalized spacial score (nSPS) is 19.1. The molecule has 3 heterocycles. The van der Waals surface area contributed by atoms with E-state index in [9.17, 15) is 9.59 Å². The molecule has 1 N–H and O–H groups in total. The molecule has 1 atom stereocenters. The second-order valence-electron chi connectivity index (χ2n) is 7.96. The van der Waals surface area contributed by atoms with Gasteiger partial charge in [-0.05, 0) is 29.8 Å². The van der Waals surface area contributed by atoms with E-state index in [1.165, 1.54) is 4.90 Å². The van der Waals surface area contributed by atoms with E-state index in [0.717, 1.165) is 44.2 Å². The molecule has 1 amide bonds. The monoisotopic (exact) mass is 421 g/mol. The third-order valence-electron chi connectivity index (χ3n) is 6.21. The van der Waals surface area contributed by atoms with E-state index in [1.807, 2.05) is 30.3 Å². The fraction of sp³-hybridized carbons (Fsp3) is 0.333. The summed E-state index contributed by atoms with van der Waals surface area (Å²) in [6.45, 7) is 4.63. The van der Waals surface area contributed by atoms with Crippen molar-refractivity contribution in [3.8, 4) is 5.75 Å². The summed E-state index contributed by atoms with van der Waals surface area (Å²) in [5, 5.41) is 0.494. The highest BCUT2D eigenvalue weighted by molar-refractivity contribution is 5.99. The van der Waals surface area contributed by atoms with E-state index in [4.69, 9.17) is 13.9 Å². The maximum atomic E-state index is 13.4. The van der Waals surface area contributed by atoms with Gasteiger partial charge >= 0.3 is 0 Å². The maximum absolute atomic E-state index is 13.4. The third-order valence-corrected chi connectivity index (χ3v) is 6.21. The van der Waals surface area contributed by atoms with Crippen molar-refractivity contribution in [2.75, 3.05) is 46.5 Å². The Morgan fingerprint density at radius 3 is 2.55 bits per heavy atom. The molecule has 0 spiro atoms. The van der Waals surface area contributed by atoms with Gasteiger partial charge < -0.3 is 23.7 Å². The number of fused-ring (bicyclic) bond motifs is 2. The van der Waals surface area contributed by atoms with Crippen LogP contribution in [0, 0.1) is 0 Å². The van der Waals surface area contributed by atoms with Crippen molar-refractivity contribution >= 4 is 16.9 Å². The molecule has 0 aliphatic carbocycles. The molecular formula is C24H25N2O5+. The topological polar surface area (TPSA) is 73.4 Å². The molecule has 5 rings (SSSR count). The van der Waals surface area contributed by atoms with Crippen LogP contribution >= 0.6 is 0 Å². The summed E-state index contributed by atoms with van der Waals surface area (Å²) >= 11 is 0. The number of quaternary nitrogens is 1. The van der Waals surface area contributed by atoms with E-state index >= 15 is 0 Å². The average molecular weight is 421 g/mol. The highest BCUT2D eigenvalue weighted by atomic mass is 16.5. The molecular weight excluding hydrogens is 396 g/mol. The number of nitrogens with one attached hydrogen (secondary N) is 1. The molecule has 0 saturated carbocycles. The molecule has 1 fully saturated rings. The van der Waals surface area contributed by atoms with Gasteiger partial charge in [0.2, 0.25) is 5.76 Å². The van der Waals surface area contributed by atoms with Crippen molar-refractivity contribution in [3.63, 3.8) is 0 Å². The van der Waals surface area contributed by atoms with Gasteiger partial charge in [0, 0.05) is 0 Å². The molecule has 0 unspecified atom stereocenters. The first kappa shape index (κ1) is 19.8. The van der Waals surface area contributed by atoms with Gasteiger partial charge in [0.05, 0.1) is 50.4 Å². The number of nitrogens with zero attached hydrogens (tertiary/aromatic N) is 1. The summed E-state index contributed by atoms with van der Waals surface area (Å²) in [7, 11) is 1.61. The van der Waals surface area contributed by atoms with Crippen LogP contribution in [0.3, 0.4) is 0 Å². The molecule has 2 aliphatic heterocycles. The van der Waals surface area contributed by atoms with Crippen LogP contribution in [0.5, 0.6) is 5.75 Å². The fourth-order valence-electron chi connectivity index (χ4n) is 4.52. The minimum atomic E-state index is -0.477. The van der Waals surface area contributed by atoms with Gasteiger partial charge in [-0.3, -0.25) is 9.59 Å².